The molecule has 180 valence electrons. The van der Waals surface area contributed by atoms with Gasteiger partial charge < -0.3 is 14.9 Å². The molecule has 0 radical (unpaired) electrons. The molecular weight excluding hydrogens is 396 g/mol. The molecule has 2 saturated carbocycles. The molecular formula is C29H46O3. The van der Waals surface area contributed by atoms with Crippen molar-refractivity contribution < 1.29 is 14.9 Å². The lowest BCUT2D eigenvalue weighted by Crippen LogP contribution is -2.63. The average Bonchev–Trinajstić information content (AvgIpc) is 3.09. The fourth-order valence-electron chi connectivity index (χ4n) is 7.74. The van der Waals surface area contributed by atoms with Gasteiger partial charge in [0.25, 0.3) is 0 Å². The Morgan fingerprint density at radius 3 is 2.47 bits per heavy atom. The van der Waals surface area contributed by atoms with E-state index in [1.807, 2.05) is 0 Å². The summed E-state index contributed by atoms with van der Waals surface area (Å²) < 4.78 is 5.89. The molecule has 0 aromatic carbocycles. The SMILES string of the molecule is CO[C@@H]1C=C2C(=CC[C@]3(C)[C@@H]([C@H](C)C=C[C@H](C)C(C)C)CC[C@@H]23)[C@@]2(C)CC[C@H](O)C[C@]12O. The quantitative estimate of drug-likeness (QED) is 0.508. The van der Waals surface area contributed by atoms with Crippen LogP contribution in [0.3, 0.4) is 0 Å². The third kappa shape index (κ3) is 3.49. The number of rotatable bonds is 5. The first-order chi connectivity index (χ1) is 15.0. The van der Waals surface area contributed by atoms with Crippen LogP contribution in [-0.4, -0.2) is 35.1 Å². The molecule has 0 heterocycles. The van der Waals surface area contributed by atoms with Crippen molar-refractivity contribution >= 4 is 0 Å². The van der Waals surface area contributed by atoms with E-state index in [4.69, 9.17) is 4.74 Å². The van der Waals surface area contributed by atoms with E-state index in [0.717, 1.165) is 19.3 Å². The normalized spacial score (nSPS) is 45.7. The Bertz CT molecular complexity index is 809. The van der Waals surface area contributed by atoms with Crippen LogP contribution in [0.2, 0.25) is 0 Å². The predicted molar refractivity (Wildman–Crippen MR) is 131 cm³/mol. The van der Waals surface area contributed by atoms with E-state index >= 15 is 0 Å². The van der Waals surface area contributed by atoms with E-state index in [1.54, 1.807) is 7.11 Å². The summed E-state index contributed by atoms with van der Waals surface area (Å²) in [6.07, 6.45) is 14.3. The predicted octanol–water partition coefficient (Wildman–Crippen LogP) is 6.07. The van der Waals surface area contributed by atoms with Gasteiger partial charge in [-0.05, 0) is 84.3 Å². The Morgan fingerprint density at radius 2 is 1.81 bits per heavy atom. The van der Waals surface area contributed by atoms with E-state index in [0.29, 0.717) is 36.0 Å². The van der Waals surface area contributed by atoms with Gasteiger partial charge in [-0.25, -0.2) is 0 Å². The first-order valence-electron chi connectivity index (χ1n) is 13.0. The molecule has 2 fully saturated rings. The highest BCUT2D eigenvalue weighted by atomic mass is 16.5. The van der Waals surface area contributed by atoms with E-state index in [1.165, 1.54) is 24.0 Å². The fourth-order valence-corrected chi connectivity index (χ4v) is 7.74. The molecule has 32 heavy (non-hydrogen) atoms. The van der Waals surface area contributed by atoms with Gasteiger partial charge in [0.15, 0.2) is 0 Å². The van der Waals surface area contributed by atoms with E-state index in [9.17, 15) is 10.2 Å². The van der Waals surface area contributed by atoms with Crippen LogP contribution in [0.15, 0.2) is 35.5 Å². The van der Waals surface area contributed by atoms with Crippen molar-refractivity contribution in [3.05, 3.63) is 35.5 Å². The van der Waals surface area contributed by atoms with Crippen LogP contribution in [0.5, 0.6) is 0 Å². The first kappa shape index (κ1) is 24.2. The molecule has 0 aliphatic heterocycles. The van der Waals surface area contributed by atoms with Gasteiger partial charge >= 0.3 is 0 Å². The second-order valence-electron chi connectivity index (χ2n) is 12.3. The minimum absolute atomic E-state index is 0.248. The Labute approximate surface area is 196 Å². The van der Waals surface area contributed by atoms with Crippen molar-refractivity contribution in [1.82, 2.24) is 0 Å². The van der Waals surface area contributed by atoms with Crippen molar-refractivity contribution in [1.29, 1.82) is 0 Å². The minimum Gasteiger partial charge on any atom is -0.393 e. The summed E-state index contributed by atoms with van der Waals surface area (Å²) in [5, 5.41) is 22.2. The molecule has 4 aliphatic carbocycles. The second kappa shape index (κ2) is 8.40. The zero-order chi connectivity index (χ0) is 23.5. The third-order valence-corrected chi connectivity index (χ3v) is 10.4. The molecule has 4 aliphatic rings. The molecule has 0 saturated heterocycles. The van der Waals surface area contributed by atoms with E-state index < -0.39 is 11.7 Å². The van der Waals surface area contributed by atoms with Gasteiger partial charge in [-0.15, -0.1) is 0 Å². The minimum atomic E-state index is -1.04. The number of fused-ring (bicyclic) bond motifs is 5. The zero-order valence-corrected chi connectivity index (χ0v) is 21.4. The molecule has 2 N–H and O–H groups in total. The highest BCUT2D eigenvalue weighted by Crippen LogP contribution is 2.65. The Hall–Kier alpha value is -0.900. The number of hydrogen-bond acceptors (Lipinski definition) is 3. The van der Waals surface area contributed by atoms with Crippen LogP contribution >= 0.6 is 0 Å². The second-order valence-corrected chi connectivity index (χ2v) is 12.3. The fraction of sp³-hybridized carbons (Fsp3) is 0.793. The van der Waals surface area contributed by atoms with Crippen LogP contribution in [-0.2, 0) is 4.74 Å². The maximum atomic E-state index is 11.9. The molecule has 0 unspecified atom stereocenters. The van der Waals surface area contributed by atoms with Crippen molar-refractivity contribution in [2.24, 2.45) is 40.4 Å². The lowest BCUT2D eigenvalue weighted by atomic mass is 9.49. The molecule has 0 aromatic heterocycles. The van der Waals surface area contributed by atoms with Crippen molar-refractivity contribution in [2.45, 2.75) is 97.9 Å². The number of aliphatic hydroxyl groups is 2. The van der Waals surface area contributed by atoms with Crippen LogP contribution in [0.25, 0.3) is 0 Å². The third-order valence-electron chi connectivity index (χ3n) is 10.4. The topological polar surface area (TPSA) is 49.7 Å². The van der Waals surface area contributed by atoms with Crippen LogP contribution in [0.1, 0.15) is 80.1 Å². The first-order valence-corrected chi connectivity index (χ1v) is 13.0. The molecule has 3 nitrogen and oxygen atoms in total. The number of allylic oxidation sites excluding steroid dienone is 4. The molecule has 3 heteroatoms. The van der Waals surface area contributed by atoms with E-state index in [2.05, 4.69) is 65.8 Å². The molecule has 4 rings (SSSR count). The van der Waals surface area contributed by atoms with Gasteiger partial charge in [-0.2, -0.15) is 0 Å². The average molecular weight is 443 g/mol. The maximum Gasteiger partial charge on any atom is 0.106 e. The van der Waals surface area contributed by atoms with Gasteiger partial charge in [-0.1, -0.05) is 59.8 Å². The molecule has 0 spiro atoms. The van der Waals surface area contributed by atoms with Crippen LogP contribution in [0, 0.1) is 40.4 Å². The van der Waals surface area contributed by atoms with Crippen LogP contribution < -0.4 is 0 Å². The highest BCUT2D eigenvalue weighted by Gasteiger charge is 2.62. The van der Waals surface area contributed by atoms with Gasteiger partial charge in [0.05, 0.1) is 6.10 Å². The van der Waals surface area contributed by atoms with Gasteiger partial charge in [0, 0.05) is 18.9 Å². The smallest absolute Gasteiger partial charge is 0.106 e. The highest BCUT2D eigenvalue weighted by molar-refractivity contribution is 5.50. The Morgan fingerprint density at radius 1 is 1.09 bits per heavy atom. The largest absolute Gasteiger partial charge is 0.393 e. The van der Waals surface area contributed by atoms with Gasteiger partial charge in [0.1, 0.15) is 11.7 Å². The van der Waals surface area contributed by atoms with Gasteiger partial charge in [-0.3, -0.25) is 0 Å². The summed E-state index contributed by atoms with van der Waals surface area (Å²) >= 11 is 0. The summed E-state index contributed by atoms with van der Waals surface area (Å²) in [6, 6.07) is 0. The number of methoxy groups -OCH3 is 1. The zero-order valence-electron chi connectivity index (χ0n) is 21.4. The summed E-state index contributed by atoms with van der Waals surface area (Å²) in [4.78, 5) is 0. The monoisotopic (exact) mass is 442 g/mol. The summed E-state index contributed by atoms with van der Waals surface area (Å²) in [5.74, 6) is 3.06. The lowest BCUT2D eigenvalue weighted by Gasteiger charge is -2.59. The Balaban J connectivity index is 1.67. The molecule has 0 amide bonds. The van der Waals surface area contributed by atoms with Crippen LogP contribution in [0.4, 0.5) is 0 Å². The number of ether oxygens (including phenoxy) is 1. The van der Waals surface area contributed by atoms with Crippen molar-refractivity contribution in [3.63, 3.8) is 0 Å². The van der Waals surface area contributed by atoms with Crippen molar-refractivity contribution in [3.8, 4) is 0 Å². The lowest BCUT2D eigenvalue weighted by molar-refractivity contribution is -0.181. The van der Waals surface area contributed by atoms with Crippen molar-refractivity contribution in [2.75, 3.05) is 7.11 Å². The summed E-state index contributed by atoms with van der Waals surface area (Å²) in [7, 11) is 1.71. The maximum absolute atomic E-state index is 11.9. The standard InChI is InChI=1S/C29H46O3/c1-18(2)19(3)8-9-20(4)23-10-11-24-22-16-26(32-7)29(31)17-21(30)12-15-28(29,6)25(22)13-14-27(23,24)5/h8-9,13,16,18-21,23-24,26,30-31H,10-12,14-15,17H2,1-7H3/t19-,20+,21-,23+,24-,26+,27+,28+,29-/m0/s1. The van der Waals surface area contributed by atoms with E-state index in [-0.39, 0.29) is 16.9 Å². The van der Waals surface area contributed by atoms with Gasteiger partial charge in [0.2, 0.25) is 0 Å². The summed E-state index contributed by atoms with van der Waals surface area (Å²) in [5.41, 5.74) is 1.64. The number of hydrogen-bond donors (Lipinski definition) is 2. The number of aliphatic hydroxyl groups excluding tert-OH is 1. The molecule has 0 bridgehead atoms. The summed E-state index contributed by atoms with van der Waals surface area (Å²) in [6.45, 7) is 14.1. The molecule has 9 atom stereocenters. The Kier molecular flexibility index (Phi) is 6.36. The molecule has 0 aromatic rings.